The van der Waals surface area contributed by atoms with E-state index in [1.807, 2.05) is 25.1 Å². The van der Waals surface area contributed by atoms with E-state index in [0.29, 0.717) is 6.42 Å². The van der Waals surface area contributed by atoms with Gasteiger partial charge in [0.2, 0.25) is 0 Å². The highest BCUT2D eigenvalue weighted by Gasteiger charge is 2.43. The van der Waals surface area contributed by atoms with E-state index in [1.54, 1.807) is 0 Å². The molecule has 1 heterocycles. The fourth-order valence-electron chi connectivity index (χ4n) is 3.44. The van der Waals surface area contributed by atoms with Crippen molar-refractivity contribution >= 4 is 16.5 Å². The van der Waals surface area contributed by atoms with Gasteiger partial charge in [0.05, 0.1) is 18.2 Å². The van der Waals surface area contributed by atoms with Crippen molar-refractivity contribution in [2.24, 2.45) is 5.41 Å². The highest BCUT2D eigenvalue weighted by molar-refractivity contribution is 5.97. The monoisotopic (exact) mass is 275 g/mol. The first kappa shape index (κ1) is 13.5. The Morgan fingerprint density at radius 2 is 1.86 bits per heavy atom. The third-order valence-electron chi connectivity index (χ3n) is 4.67. The van der Waals surface area contributed by atoms with E-state index in [-0.39, 0.29) is 6.04 Å². The van der Waals surface area contributed by atoms with Gasteiger partial charge in [-0.3, -0.25) is 0 Å². The van der Waals surface area contributed by atoms with Gasteiger partial charge >= 0.3 is 0 Å². The van der Waals surface area contributed by atoms with Gasteiger partial charge in [0, 0.05) is 24.0 Å². The average Bonchev–Trinajstić information content (AvgIpc) is 2.63. The first-order chi connectivity index (χ1) is 10.2. The van der Waals surface area contributed by atoms with E-state index in [0.717, 1.165) is 17.8 Å². The van der Waals surface area contributed by atoms with Crippen LogP contribution in [0, 0.1) is 28.1 Å². The molecule has 0 bridgehead atoms. The number of benzene rings is 2. The zero-order chi connectivity index (χ0) is 15.0. The Morgan fingerprint density at radius 1 is 1.19 bits per heavy atom. The van der Waals surface area contributed by atoms with Crippen molar-refractivity contribution in [1.29, 1.82) is 10.5 Å². The summed E-state index contributed by atoms with van der Waals surface area (Å²) in [5, 5.41) is 21.7. The molecule has 0 amide bonds. The lowest BCUT2D eigenvalue weighted by atomic mass is 9.78. The van der Waals surface area contributed by atoms with Gasteiger partial charge in [0.25, 0.3) is 0 Å². The molecular weight excluding hydrogens is 258 g/mol. The molecule has 0 unspecified atom stereocenters. The molecule has 3 rings (SSSR count). The van der Waals surface area contributed by atoms with Crippen LogP contribution in [0.1, 0.15) is 19.4 Å². The minimum atomic E-state index is -1.01. The molecule has 1 aliphatic rings. The molecule has 0 N–H and O–H groups in total. The number of hydrogen-bond acceptors (Lipinski definition) is 3. The highest BCUT2D eigenvalue weighted by Crippen LogP contribution is 2.41. The third-order valence-corrected chi connectivity index (χ3v) is 4.67. The van der Waals surface area contributed by atoms with Crippen molar-refractivity contribution in [2.45, 2.75) is 26.3 Å². The topological polar surface area (TPSA) is 50.8 Å². The molecule has 2 aromatic carbocycles. The number of rotatable bonds is 1. The normalized spacial score (nSPS) is 19.6. The predicted octanol–water partition coefficient (Wildman–Crippen LogP) is 3.64. The Kier molecular flexibility index (Phi) is 3.07. The molecule has 0 fully saturated rings. The molecule has 1 atom stereocenters. The molecule has 1 aliphatic heterocycles. The summed E-state index contributed by atoms with van der Waals surface area (Å²) in [5.74, 6) is 0. The quantitative estimate of drug-likeness (QED) is 0.798. The van der Waals surface area contributed by atoms with Crippen LogP contribution < -0.4 is 4.90 Å². The Balaban J connectivity index is 2.38. The van der Waals surface area contributed by atoms with Crippen molar-refractivity contribution in [3.05, 3.63) is 42.0 Å². The van der Waals surface area contributed by atoms with Gasteiger partial charge in [-0.25, -0.2) is 0 Å². The van der Waals surface area contributed by atoms with Crippen LogP contribution in [0.15, 0.2) is 36.4 Å². The van der Waals surface area contributed by atoms with Gasteiger partial charge in [0.1, 0.15) is 0 Å². The van der Waals surface area contributed by atoms with Crippen LogP contribution in [-0.4, -0.2) is 12.6 Å². The van der Waals surface area contributed by atoms with Crippen molar-refractivity contribution in [1.82, 2.24) is 0 Å². The van der Waals surface area contributed by atoms with Gasteiger partial charge in [-0.15, -0.1) is 0 Å². The van der Waals surface area contributed by atoms with Crippen LogP contribution >= 0.6 is 0 Å². The van der Waals surface area contributed by atoms with Crippen LogP contribution in [0.4, 0.5) is 5.69 Å². The van der Waals surface area contributed by atoms with E-state index in [4.69, 9.17) is 0 Å². The Labute approximate surface area is 125 Å². The smallest absolute Gasteiger partial charge is 0.167 e. The summed E-state index contributed by atoms with van der Waals surface area (Å²) < 4.78 is 0. The van der Waals surface area contributed by atoms with Gasteiger partial charge in [-0.05, 0) is 30.9 Å². The molecule has 2 aromatic rings. The van der Waals surface area contributed by atoms with Crippen molar-refractivity contribution < 1.29 is 0 Å². The second-order valence-electron chi connectivity index (χ2n) is 5.63. The van der Waals surface area contributed by atoms with E-state index in [9.17, 15) is 10.5 Å². The van der Waals surface area contributed by atoms with Crippen molar-refractivity contribution in [2.75, 3.05) is 11.4 Å². The SMILES string of the molecule is CCN1c2cccc3cccc(c23)CC(C#N)(C#N)[C@H]1C. The second-order valence-corrected chi connectivity index (χ2v) is 5.63. The van der Waals surface area contributed by atoms with Gasteiger partial charge in [0.15, 0.2) is 5.41 Å². The zero-order valence-electron chi connectivity index (χ0n) is 12.3. The Hall–Kier alpha value is -2.52. The summed E-state index contributed by atoms with van der Waals surface area (Å²) >= 11 is 0. The summed E-state index contributed by atoms with van der Waals surface area (Å²) in [7, 11) is 0. The van der Waals surface area contributed by atoms with Gasteiger partial charge in [-0.2, -0.15) is 10.5 Å². The molecule has 3 nitrogen and oxygen atoms in total. The van der Waals surface area contributed by atoms with E-state index < -0.39 is 5.41 Å². The number of hydrogen-bond donors (Lipinski definition) is 0. The minimum absolute atomic E-state index is 0.143. The molecule has 0 aliphatic carbocycles. The van der Waals surface area contributed by atoms with Crippen molar-refractivity contribution in [3.63, 3.8) is 0 Å². The first-order valence-electron chi connectivity index (χ1n) is 7.26. The maximum atomic E-state index is 9.69. The molecule has 0 radical (unpaired) electrons. The molecule has 3 heteroatoms. The van der Waals surface area contributed by atoms with E-state index in [1.165, 1.54) is 10.8 Å². The van der Waals surface area contributed by atoms with Crippen LogP contribution in [0.2, 0.25) is 0 Å². The van der Waals surface area contributed by atoms with Gasteiger partial charge in [-0.1, -0.05) is 30.3 Å². The fraction of sp³-hybridized carbons (Fsp3) is 0.333. The maximum Gasteiger partial charge on any atom is 0.167 e. The summed E-state index contributed by atoms with van der Waals surface area (Å²) in [6.07, 6.45) is 0.478. The molecule has 21 heavy (non-hydrogen) atoms. The second kappa shape index (κ2) is 4.79. The van der Waals surface area contributed by atoms with Crippen LogP contribution in [0.25, 0.3) is 10.8 Å². The number of nitrogens with zero attached hydrogens (tertiary/aromatic N) is 3. The lowest BCUT2D eigenvalue weighted by Crippen LogP contribution is -2.45. The molecule has 0 saturated carbocycles. The largest absolute Gasteiger partial charge is 0.366 e. The molecule has 0 saturated heterocycles. The summed E-state index contributed by atoms with van der Waals surface area (Å²) in [6, 6.07) is 16.8. The van der Waals surface area contributed by atoms with Crippen LogP contribution in [0.5, 0.6) is 0 Å². The Morgan fingerprint density at radius 3 is 2.48 bits per heavy atom. The van der Waals surface area contributed by atoms with E-state index >= 15 is 0 Å². The average molecular weight is 275 g/mol. The number of anilines is 1. The third kappa shape index (κ3) is 1.78. The van der Waals surface area contributed by atoms with Crippen LogP contribution in [-0.2, 0) is 6.42 Å². The first-order valence-corrected chi connectivity index (χ1v) is 7.26. The summed E-state index contributed by atoms with van der Waals surface area (Å²) in [4.78, 5) is 2.19. The highest BCUT2D eigenvalue weighted by atomic mass is 15.2. The van der Waals surface area contributed by atoms with Crippen LogP contribution in [0.3, 0.4) is 0 Å². The fourth-order valence-corrected chi connectivity index (χ4v) is 3.44. The molecular formula is C18H17N3. The zero-order valence-corrected chi connectivity index (χ0v) is 12.3. The lowest BCUT2D eigenvalue weighted by Gasteiger charge is -2.35. The lowest BCUT2D eigenvalue weighted by molar-refractivity contribution is 0.410. The molecule has 0 aromatic heterocycles. The van der Waals surface area contributed by atoms with Crippen molar-refractivity contribution in [3.8, 4) is 12.1 Å². The Bertz CT molecular complexity index is 760. The molecule has 104 valence electrons. The summed E-state index contributed by atoms with van der Waals surface area (Å²) in [6.45, 7) is 4.84. The number of nitriles is 2. The maximum absolute atomic E-state index is 9.69. The predicted molar refractivity (Wildman–Crippen MR) is 83.8 cm³/mol. The summed E-state index contributed by atoms with van der Waals surface area (Å²) in [5.41, 5.74) is 1.21. The minimum Gasteiger partial charge on any atom is -0.366 e. The van der Waals surface area contributed by atoms with Gasteiger partial charge < -0.3 is 4.90 Å². The van der Waals surface area contributed by atoms with E-state index in [2.05, 4.69) is 42.2 Å². The standard InChI is InChI=1S/C18H17N3/c1-3-21-13(2)18(11-19,12-20)10-15-8-4-6-14-7-5-9-16(21)17(14)15/h4-9,13H,3,10H2,1-2H3/t13-/m1/s1. The molecule has 0 spiro atoms.